The van der Waals surface area contributed by atoms with E-state index in [0.717, 1.165) is 35.4 Å². The molecule has 4 heteroatoms. The van der Waals surface area contributed by atoms with Crippen molar-refractivity contribution in [3.8, 4) is 5.75 Å². The molecule has 0 saturated heterocycles. The van der Waals surface area contributed by atoms with E-state index in [4.69, 9.17) is 10.5 Å². The number of rotatable bonds is 8. The first-order chi connectivity index (χ1) is 10.2. The molecule has 22 heavy (non-hydrogen) atoms. The molecule has 4 nitrogen and oxygen atoms in total. The van der Waals surface area contributed by atoms with Crippen LogP contribution in [0.15, 0.2) is 12.1 Å². The van der Waals surface area contributed by atoms with Gasteiger partial charge in [0.1, 0.15) is 5.75 Å². The molecule has 0 fully saturated rings. The van der Waals surface area contributed by atoms with Crippen molar-refractivity contribution in [3.05, 3.63) is 28.8 Å². The van der Waals surface area contributed by atoms with E-state index in [1.807, 2.05) is 34.0 Å². The van der Waals surface area contributed by atoms with Crippen molar-refractivity contribution in [1.82, 2.24) is 4.90 Å². The van der Waals surface area contributed by atoms with Crippen LogP contribution in [0.5, 0.6) is 5.75 Å². The Kier molecular flexibility index (Phi) is 7.33. The number of aliphatic hydroxyl groups excluding tert-OH is 1. The summed E-state index contributed by atoms with van der Waals surface area (Å²) in [7, 11) is 4.01. The van der Waals surface area contributed by atoms with E-state index in [0.29, 0.717) is 12.5 Å². The summed E-state index contributed by atoms with van der Waals surface area (Å²) in [6, 6.07) is 3.77. The van der Waals surface area contributed by atoms with E-state index in [2.05, 4.69) is 24.8 Å². The molecule has 0 spiro atoms. The Morgan fingerprint density at radius 3 is 2.41 bits per heavy atom. The van der Waals surface area contributed by atoms with E-state index >= 15 is 0 Å². The minimum atomic E-state index is -0.708. The van der Waals surface area contributed by atoms with Crippen molar-refractivity contribution >= 4 is 0 Å². The van der Waals surface area contributed by atoms with Crippen molar-refractivity contribution in [2.45, 2.75) is 46.3 Å². The van der Waals surface area contributed by atoms with Crippen LogP contribution < -0.4 is 10.5 Å². The Bertz CT molecular complexity index is 472. The van der Waals surface area contributed by atoms with Crippen molar-refractivity contribution in [3.63, 3.8) is 0 Å². The van der Waals surface area contributed by atoms with Gasteiger partial charge in [-0.3, -0.25) is 0 Å². The van der Waals surface area contributed by atoms with E-state index in [-0.39, 0.29) is 6.04 Å². The fourth-order valence-electron chi connectivity index (χ4n) is 2.45. The molecular weight excluding hydrogens is 276 g/mol. The smallest absolute Gasteiger partial charge is 0.128 e. The average Bonchev–Trinajstić information content (AvgIpc) is 2.41. The third-order valence-electron chi connectivity index (χ3n) is 3.64. The molecule has 0 aliphatic carbocycles. The maximum atomic E-state index is 10.7. The molecule has 1 rings (SSSR count). The number of hydrogen-bond acceptors (Lipinski definition) is 4. The van der Waals surface area contributed by atoms with Crippen molar-refractivity contribution < 1.29 is 9.84 Å². The highest BCUT2D eigenvalue weighted by atomic mass is 16.5. The summed E-state index contributed by atoms with van der Waals surface area (Å²) in [6.07, 6.45) is 0.0332. The summed E-state index contributed by atoms with van der Waals surface area (Å²) in [4.78, 5) is 2.07. The van der Waals surface area contributed by atoms with Crippen molar-refractivity contribution in [2.75, 3.05) is 27.2 Å². The lowest BCUT2D eigenvalue weighted by atomic mass is 9.95. The van der Waals surface area contributed by atoms with E-state index in [9.17, 15) is 5.11 Å². The van der Waals surface area contributed by atoms with Gasteiger partial charge in [-0.05, 0) is 58.5 Å². The van der Waals surface area contributed by atoms with Gasteiger partial charge in [0, 0.05) is 11.6 Å². The van der Waals surface area contributed by atoms with Crippen LogP contribution >= 0.6 is 0 Å². The summed E-state index contributed by atoms with van der Waals surface area (Å²) >= 11 is 0. The third-order valence-corrected chi connectivity index (χ3v) is 3.64. The van der Waals surface area contributed by atoms with Crippen LogP contribution in [0.1, 0.15) is 43.1 Å². The third kappa shape index (κ3) is 5.59. The Labute approximate surface area is 135 Å². The molecule has 0 radical (unpaired) electrons. The lowest BCUT2D eigenvalue weighted by Crippen LogP contribution is -2.32. The number of aliphatic hydroxyl groups is 1. The van der Waals surface area contributed by atoms with Gasteiger partial charge in [-0.15, -0.1) is 0 Å². The monoisotopic (exact) mass is 308 g/mol. The normalized spacial score (nSPS) is 14.5. The lowest BCUT2D eigenvalue weighted by molar-refractivity contribution is 0.131. The Morgan fingerprint density at radius 1 is 1.23 bits per heavy atom. The van der Waals surface area contributed by atoms with Gasteiger partial charge in [-0.1, -0.05) is 25.5 Å². The summed E-state index contributed by atoms with van der Waals surface area (Å²) in [5.41, 5.74) is 9.16. The molecule has 2 atom stereocenters. The van der Waals surface area contributed by atoms with Crippen LogP contribution in [0.3, 0.4) is 0 Å². The molecular formula is C18H32N2O2. The van der Waals surface area contributed by atoms with Gasteiger partial charge >= 0.3 is 0 Å². The number of nitrogens with two attached hydrogens (primary N) is 1. The first kappa shape index (κ1) is 18.9. The van der Waals surface area contributed by atoms with Gasteiger partial charge in [-0.25, -0.2) is 0 Å². The standard InChI is InChI=1S/C18H32N2O2/c1-12(2)11-22-18-14(4)9-13(3)10-15(18)17(21)16(19)7-8-20(5)6/h9-10,12,16-17,21H,7-8,11,19H2,1-6H3. The molecule has 2 unspecified atom stereocenters. The molecule has 0 aliphatic heterocycles. The number of nitrogens with zero attached hydrogens (tertiary/aromatic N) is 1. The first-order valence-corrected chi connectivity index (χ1v) is 8.04. The zero-order valence-corrected chi connectivity index (χ0v) is 14.9. The topological polar surface area (TPSA) is 58.7 Å². The van der Waals surface area contributed by atoms with Crippen LogP contribution in [0.2, 0.25) is 0 Å². The lowest BCUT2D eigenvalue weighted by Gasteiger charge is -2.25. The number of benzene rings is 1. The van der Waals surface area contributed by atoms with Crippen LogP contribution in [-0.2, 0) is 0 Å². The van der Waals surface area contributed by atoms with Crippen LogP contribution in [0.25, 0.3) is 0 Å². The molecule has 0 heterocycles. The molecule has 1 aromatic rings. The predicted molar refractivity (Wildman–Crippen MR) is 92.4 cm³/mol. The maximum absolute atomic E-state index is 10.7. The summed E-state index contributed by atoms with van der Waals surface area (Å²) in [6.45, 7) is 9.76. The molecule has 0 amide bonds. The van der Waals surface area contributed by atoms with Gasteiger partial charge in [0.05, 0.1) is 12.7 Å². The maximum Gasteiger partial charge on any atom is 0.128 e. The van der Waals surface area contributed by atoms with Gasteiger partial charge in [0.15, 0.2) is 0 Å². The molecule has 0 bridgehead atoms. The average molecular weight is 308 g/mol. The van der Waals surface area contributed by atoms with Gasteiger partial charge in [0.25, 0.3) is 0 Å². The second-order valence-electron chi connectivity index (χ2n) is 6.91. The highest BCUT2D eigenvalue weighted by molar-refractivity contribution is 5.45. The SMILES string of the molecule is Cc1cc(C)c(OCC(C)C)c(C(O)C(N)CCN(C)C)c1. The van der Waals surface area contributed by atoms with E-state index in [1.165, 1.54) is 0 Å². The van der Waals surface area contributed by atoms with Crippen molar-refractivity contribution in [2.24, 2.45) is 11.7 Å². The summed E-state index contributed by atoms with van der Waals surface area (Å²) in [5, 5.41) is 10.7. The highest BCUT2D eigenvalue weighted by Gasteiger charge is 2.22. The first-order valence-electron chi connectivity index (χ1n) is 8.04. The fraction of sp³-hybridized carbons (Fsp3) is 0.667. The summed E-state index contributed by atoms with van der Waals surface area (Å²) < 4.78 is 5.96. The second kappa shape index (κ2) is 8.51. The zero-order chi connectivity index (χ0) is 16.9. The van der Waals surface area contributed by atoms with E-state index < -0.39 is 6.10 Å². The largest absolute Gasteiger partial charge is 0.493 e. The van der Waals surface area contributed by atoms with Crippen LogP contribution in [0.4, 0.5) is 0 Å². The molecule has 1 aromatic carbocycles. The highest BCUT2D eigenvalue weighted by Crippen LogP contribution is 2.32. The van der Waals surface area contributed by atoms with Gasteiger partial charge in [0.2, 0.25) is 0 Å². The second-order valence-corrected chi connectivity index (χ2v) is 6.91. The molecule has 0 saturated carbocycles. The van der Waals surface area contributed by atoms with Gasteiger partial charge in [-0.2, -0.15) is 0 Å². The molecule has 0 aromatic heterocycles. The minimum absolute atomic E-state index is 0.301. The zero-order valence-electron chi connectivity index (χ0n) is 14.9. The molecule has 126 valence electrons. The molecule has 3 N–H and O–H groups in total. The van der Waals surface area contributed by atoms with Gasteiger partial charge < -0.3 is 20.5 Å². The van der Waals surface area contributed by atoms with Crippen LogP contribution in [-0.4, -0.2) is 43.3 Å². The van der Waals surface area contributed by atoms with E-state index in [1.54, 1.807) is 0 Å². The number of aryl methyl sites for hydroxylation is 2. The number of hydrogen-bond donors (Lipinski definition) is 2. The van der Waals surface area contributed by atoms with Crippen molar-refractivity contribution in [1.29, 1.82) is 0 Å². The number of ether oxygens (including phenoxy) is 1. The van der Waals surface area contributed by atoms with Crippen LogP contribution in [0, 0.1) is 19.8 Å². The molecule has 0 aliphatic rings. The summed E-state index contributed by atoms with van der Waals surface area (Å²) in [5.74, 6) is 1.22. The quantitative estimate of drug-likeness (QED) is 0.775. The Hall–Kier alpha value is -1.10. The Balaban J connectivity index is 2.99. The minimum Gasteiger partial charge on any atom is -0.493 e. The Morgan fingerprint density at radius 2 is 1.86 bits per heavy atom. The fourth-order valence-corrected chi connectivity index (χ4v) is 2.45. The predicted octanol–water partition coefficient (Wildman–Crippen LogP) is 2.65.